The van der Waals surface area contributed by atoms with Crippen molar-refractivity contribution in [3.8, 4) is 0 Å². The lowest BCUT2D eigenvalue weighted by molar-refractivity contribution is -0.131. The van der Waals surface area contributed by atoms with Crippen LogP contribution in [0.1, 0.15) is 30.4 Å². The maximum Gasteiger partial charge on any atom is 0.328 e. The molecular formula is C20H22N2O2. The summed E-state index contributed by atoms with van der Waals surface area (Å²) in [6.07, 6.45) is 16.1. The molecule has 124 valence electrons. The molecular weight excluding hydrogens is 300 g/mol. The van der Waals surface area contributed by atoms with Crippen molar-refractivity contribution < 1.29 is 9.90 Å². The molecule has 0 radical (unpaired) electrons. The van der Waals surface area contributed by atoms with Gasteiger partial charge in [0.1, 0.15) is 0 Å². The Morgan fingerprint density at radius 3 is 2.75 bits per heavy atom. The number of hydrogen-bond acceptors (Lipinski definition) is 2. The highest BCUT2D eigenvalue weighted by Crippen LogP contribution is 2.11. The number of nitrogens with two attached hydrogens (primary N) is 1. The van der Waals surface area contributed by atoms with Gasteiger partial charge in [-0.1, -0.05) is 48.6 Å². The Balaban J connectivity index is 1.81. The van der Waals surface area contributed by atoms with Crippen LogP contribution in [0.5, 0.6) is 0 Å². The van der Waals surface area contributed by atoms with Crippen LogP contribution < -0.4 is 5.73 Å². The monoisotopic (exact) mass is 322 g/mol. The van der Waals surface area contributed by atoms with Gasteiger partial charge in [-0.25, -0.2) is 9.79 Å². The molecule has 4 heteroatoms. The van der Waals surface area contributed by atoms with Gasteiger partial charge in [0.25, 0.3) is 0 Å². The van der Waals surface area contributed by atoms with Gasteiger partial charge in [0.15, 0.2) is 0 Å². The number of rotatable bonds is 7. The van der Waals surface area contributed by atoms with Crippen LogP contribution in [0, 0.1) is 0 Å². The van der Waals surface area contributed by atoms with Gasteiger partial charge in [-0.2, -0.15) is 0 Å². The highest BCUT2D eigenvalue weighted by molar-refractivity contribution is 5.85. The van der Waals surface area contributed by atoms with E-state index < -0.39 is 5.97 Å². The van der Waals surface area contributed by atoms with Crippen molar-refractivity contribution in [2.24, 2.45) is 10.7 Å². The number of carboxylic acid groups (broad SMARTS) is 1. The molecule has 2 rings (SSSR count). The minimum atomic E-state index is -0.941. The summed E-state index contributed by atoms with van der Waals surface area (Å²) in [5.41, 5.74) is 9.07. The largest absolute Gasteiger partial charge is 0.478 e. The Hall–Kier alpha value is -2.88. The number of aryl methyl sites for hydroxylation is 1. The van der Waals surface area contributed by atoms with Gasteiger partial charge in [0.05, 0.1) is 5.84 Å². The van der Waals surface area contributed by atoms with Crippen LogP contribution in [-0.4, -0.2) is 16.9 Å². The second kappa shape index (κ2) is 9.30. The van der Waals surface area contributed by atoms with E-state index in [9.17, 15) is 4.79 Å². The third-order valence-corrected chi connectivity index (χ3v) is 3.56. The fourth-order valence-electron chi connectivity index (χ4n) is 2.33. The van der Waals surface area contributed by atoms with Crippen molar-refractivity contribution in [2.45, 2.75) is 25.7 Å². The molecule has 0 atom stereocenters. The lowest BCUT2D eigenvalue weighted by Gasteiger charge is -2.04. The highest BCUT2D eigenvalue weighted by Gasteiger charge is 1.99. The number of hydrogen-bond donors (Lipinski definition) is 2. The molecule has 0 spiro atoms. The van der Waals surface area contributed by atoms with Crippen LogP contribution in [0.4, 0.5) is 0 Å². The lowest BCUT2D eigenvalue weighted by Crippen LogP contribution is -2.12. The summed E-state index contributed by atoms with van der Waals surface area (Å²) in [5, 5.41) is 8.61. The summed E-state index contributed by atoms with van der Waals surface area (Å²) in [7, 11) is 0. The zero-order valence-corrected chi connectivity index (χ0v) is 13.6. The number of allylic oxidation sites excluding steroid dienone is 5. The number of nitrogens with zero attached hydrogens (tertiary/aromatic N) is 1. The molecule has 0 heterocycles. The second-order valence-corrected chi connectivity index (χ2v) is 5.55. The van der Waals surface area contributed by atoms with Crippen molar-refractivity contribution in [3.63, 3.8) is 0 Å². The quantitative estimate of drug-likeness (QED) is 0.454. The maximum atomic E-state index is 10.5. The van der Waals surface area contributed by atoms with E-state index in [2.05, 4.69) is 11.1 Å². The van der Waals surface area contributed by atoms with Gasteiger partial charge in [0.2, 0.25) is 0 Å². The van der Waals surface area contributed by atoms with E-state index in [0.717, 1.165) is 43.0 Å². The summed E-state index contributed by atoms with van der Waals surface area (Å²) in [5.74, 6) is -0.283. The number of benzene rings is 1. The molecule has 0 aliphatic heterocycles. The Bertz CT molecular complexity index is 708. The fraction of sp³-hybridized carbons (Fsp3) is 0.200. The Morgan fingerprint density at radius 2 is 2.00 bits per heavy atom. The third-order valence-electron chi connectivity index (χ3n) is 3.56. The molecule has 4 nitrogen and oxygen atoms in total. The second-order valence-electron chi connectivity index (χ2n) is 5.55. The van der Waals surface area contributed by atoms with Crippen LogP contribution in [0.3, 0.4) is 0 Å². The summed E-state index contributed by atoms with van der Waals surface area (Å²) >= 11 is 0. The van der Waals surface area contributed by atoms with Crippen molar-refractivity contribution in [2.75, 3.05) is 0 Å². The average molecular weight is 322 g/mol. The van der Waals surface area contributed by atoms with Crippen LogP contribution in [0.2, 0.25) is 0 Å². The van der Waals surface area contributed by atoms with Gasteiger partial charge in [-0.05, 0) is 36.1 Å². The predicted molar refractivity (Wildman–Crippen MR) is 98.7 cm³/mol. The first-order valence-corrected chi connectivity index (χ1v) is 7.99. The summed E-state index contributed by atoms with van der Waals surface area (Å²) in [6.45, 7) is 0. The molecule has 0 fully saturated rings. The van der Waals surface area contributed by atoms with Crippen molar-refractivity contribution in [1.29, 1.82) is 0 Å². The number of carboxylic acids is 1. The smallest absolute Gasteiger partial charge is 0.328 e. The van der Waals surface area contributed by atoms with Crippen molar-refractivity contribution in [1.82, 2.24) is 0 Å². The van der Waals surface area contributed by atoms with E-state index in [1.807, 2.05) is 48.6 Å². The molecule has 3 N–H and O–H groups in total. The van der Waals surface area contributed by atoms with E-state index in [1.165, 1.54) is 5.56 Å². The van der Waals surface area contributed by atoms with Crippen molar-refractivity contribution in [3.05, 3.63) is 77.5 Å². The molecule has 1 aliphatic rings. The first kappa shape index (κ1) is 17.5. The topological polar surface area (TPSA) is 75.7 Å². The molecule has 1 aromatic rings. The summed E-state index contributed by atoms with van der Waals surface area (Å²) < 4.78 is 0. The molecule has 0 bridgehead atoms. The Morgan fingerprint density at radius 1 is 1.21 bits per heavy atom. The standard InChI is InChI=1S/C20H22N2O2/c21-19(22-18-7-3-1-2-4-8-18)9-5-6-16-10-12-17(13-11-16)14-15-20(23)24/h1-4,7,10-15H,5-6,8-9H2,(H2,21,22)(H,23,24)/b15-14+. The first-order valence-electron chi connectivity index (χ1n) is 7.99. The zero-order valence-electron chi connectivity index (χ0n) is 13.6. The maximum absolute atomic E-state index is 10.5. The van der Waals surface area contributed by atoms with Crippen LogP contribution in [-0.2, 0) is 11.2 Å². The van der Waals surface area contributed by atoms with E-state index in [4.69, 9.17) is 10.8 Å². The SMILES string of the molecule is NC(CCCc1ccc(/C=C/C(=O)O)cc1)=NC1=CC=CC=CC1. The van der Waals surface area contributed by atoms with Gasteiger partial charge >= 0.3 is 5.97 Å². The van der Waals surface area contributed by atoms with Crippen LogP contribution >= 0.6 is 0 Å². The zero-order chi connectivity index (χ0) is 17.2. The minimum absolute atomic E-state index is 0.658. The Kier molecular flexibility index (Phi) is 6.77. The summed E-state index contributed by atoms with van der Waals surface area (Å²) in [4.78, 5) is 15.0. The highest BCUT2D eigenvalue weighted by atomic mass is 16.4. The van der Waals surface area contributed by atoms with E-state index >= 15 is 0 Å². The molecule has 0 unspecified atom stereocenters. The third kappa shape index (κ3) is 6.48. The molecule has 1 aromatic carbocycles. The lowest BCUT2D eigenvalue weighted by atomic mass is 10.1. The van der Waals surface area contributed by atoms with Crippen LogP contribution in [0.25, 0.3) is 6.08 Å². The molecule has 0 saturated carbocycles. The van der Waals surface area contributed by atoms with E-state index in [-0.39, 0.29) is 0 Å². The number of carbonyl (C=O) groups is 1. The first-order chi connectivity index (χ1) is 11.6. The Labute approximate surface area is 142 Å². The molecule has 24 heavy (non-hydrogen) atoms. The van der Waals surface area contributed by atoms with Crippen LogP contribution in [0.15, 0.2) is 71.4 Å². The number of amidine groups is 1. The number of aliphatic carboxylic acids is 1. The average Bonchev–Trinajstić information content (AvgIpc) is 2.82. The molecule has 0 saturated heterocycles. The van der Waals surface area contributed by atoms with Gasteiger partial charge in [-0.15, -0.1) is 0 Å². The van der Waals surface area contributed by atoms with Crippen molar-refractivity contribution >= 4 is 17.9 Å². The normalized spacial score (nSPS) is 14.7. The number of aliphatic imine (C=N–C) groups is 1. The van der Waals surface area contributed by atoms with E-state index in [1.54, 1.807) is 6.08 Å². The van der Waals surface area contributed by atoms with Gasteiger partial charge in [0, 0.05) is 24.6 Å². The molecule has 1 aliphatic carbocycles. The summed E-state index contributed by atoms with van der Waals surface area (Å²) in [6, 6.07) is 7.86. The minimum Gasteiger partial charge on any atom is -0.478 e. The fourth-order valence-corrected chi connectivity index (χ4v) is 2.33. The molecule has 0 aromatic heterocycles. The van der Waals surface area contributed by atoms with Gasteiger partial charge in [-0.3, -0.25) is 0 Å². The van der Waals surface area contributed by atoms with E-state index in [0.29, 0.717) is 5.84 Å². The van der Waals surface area contributed by atoms with Gasteiger partial charge < -0.3 is 10.8 Å². The molecule has 0 amide bonds. The predicted octanol–water partition coefficient (Wildman–Crippen LogP) is 3.86.